The molecule has 3 aromatic carbocycles. The van der Waals surface area contributed by atoms with Crippen LogP contribution in [0.15, 0.2) is 84.9 Å². The zero-order chi connectivity index (χ0) is 25.0. The van der Waals surface area contributed by atoms with Gasteiger partial charge in [0, 0.05) is 30.3 Å². The molecule has 4 nitrogen and oxygen atoms in total. The van der Waals surface area contributed by atoms with Crippen LogP contribution < -0.4 is 5.32 Å². The zero-order valence-corrected chi connectivity index (χ0v) is 21.9. The molecule has 1 N–H and O–H groups in total. The molecule has 1 atom stereocenters. The number of carbonyl (C=O) groups is 2. The summed E-state index contributed by atoms with van der Waals surface area (Å²) in [6.45, 7) is 5.06. The van der Waals surface area contributed by atoms with Gasteiger partial charge < -0.3 is 10.2 Å². The Hall–Kier alpha value is -2.76. The topological polar surface area (TPSA) is 49.4 Å². The SMILES string of the molecule is CC(C)CNC(=O)[C@H](Cc1ccccc1)N(Cc1ccccc1)C(=O)CSCc1ccccc1Cl. The summed E-state index contributed by atoms with van der Waals surface area (Å²) in [5.74, 6) is 1.03. The van der Waals surface area contributed by atoms with Crippen LogP contribution in [-0.2, 0) is 28.3 Å². The largest absolute Gasteiger partial charge is 0.354 e. The highest BCUT2D eigenvalue weighted by Gasteiger charge is 2.30. The highest BCUT2D eigenvalue weighted by Crippen LogP contribution is 2.22. The molecule has 0 aromatic heterocycles. The molecule has 0 aliphatic heterocycles. The average Bonchev–Trinajstić information content (AvgIpc) is 2.87. The van der Waals surface area contributed by atoms with Gasteiger partial charge in [0.1, 0.15) is 6.04 Å². The third-order valence-electron chi connectivity index (χ3n) is 5.59. The van der Waals surface area contributed by atoms with E-state index in [9.17, 15) is 9.59 Å². The molecule has 0 aliphatic rings. The number of nitrogens with one attached hydrogen (secondary N) is 1. The van der Waals surface area contributed by atoms with Gasteiger partial charge >= 0.3 is 0 Å². The minimum Gasteiger partial charge on any atom is -0.354 e. The van der Waals surface area contributed by atoms with Gasteiger partial charge in [0.25, 0.3) is 0 Å². The lowest BCUT2D eigenvalue weighted by molar-refractivity contribution is -0.139. The van der Waals surface area contributed by atoms with Crippen molar-refractivity contribution in [2.24, 2.45) is 5.92 Å². The Morgan fingerprint density at radius 2 is 1.49 bits per heavy atom. The first kappa shape index (κ1) is 26.8. The van der Waals surface area contributed by atoms with E-state index in [0.29, 0.717) is 36.2 Å². The van der Waals surface area contributed by atoms with Gasteiger partial charge in [-0.2, -0.15) is 0 Å². The van der Waals surface area contributed by atoms with E-state index >= 15 is 0 Å². The first-order valence-electron chi connectivity index (χ1n) is 11.9. The highest BCUT2D eigenvalue weighted by atomic mass is 35.5. The van der Waals surface area contributed by atoms with Crippen LogP contribution in [0.1, 0.15) is 30.5 Å². The summed E-state index contributed by atoms with van der Waals surface area (Å²) < 4.78 is 0. The highest BCUT2D eigenvalue weighted by molar-refractivity contribution is 7.99. The summed E-state index contributed by atoms with van der Waals surface area (Å²) in [6, 6.07) is 26.8. The third kappa shape index (κ3) is 8.75. The van der Waals surface area contributed by atoms with Gasteiger partial charge in [0.15, 0.2) is 0 Å². The molecule has 0 spiro atoms. The van der Waals surface area contributed by atoms with Gasteiger partial charge in [0.2, 0.25) is 11.8 Å². The van der Waals surface area contributed by atoms with E-state index in [0.717, 1.165) is 16.7 Å². The fourth-order valence-corrected chi connectivity index (χ4v) is 4.90. The van der Waals surface area contributed by atoms with Gasteiger partial charge in [-0.05, 0) is 28.7 Å². The van der Waals surface area contributed by atoms with Crippen LogP contribution in [0.2, 0.25) is 5.02 Å². The fourth-order valence-electron chi connectivity index (χ4n) is 3.70. The Bertz CT molecular complexity index is 1080. The van der Waals surface area contributed by atoms with E-state index < -0.39 is 6.04 Å². The second-order valence-corrected chi connectivity index (χ2v) is 10.3. The Kier molecular flexibility index (Phi) is 10.7. The van der Waals surface area contributed by atoms with E-state index in [1.54, 1.807) is 4.90 Å². The zero-order valence-electron chi connectivity index (χ0n) is 20.3. The number of carbonyl (C=O) groups excluding carboxylic acids is 2. The molecule has 0 bridgehead atoms. The number of amides is 2. The van der Waals surface area contributed by atoms with E-state index in [1.165, 1.54) is 11.8 Å². The number of benzene rings is 3. The van der Waals surface area contributed by atoms with Crippen LogP contribution >= 0.6 is 23.4 Å². The van der Waals surface area contributed by atoms with E-state index in [4.69, 9.17) is 11.6 Å². The molecule has 0 unspecified atom stereocenters. The van der Waals surface area contributed by atoms with Crippen molar-refractivity contribution in [1.82, 2.24) is 10.2 Å². The standard InChI is InChI=1S/C29H33ClN2O2S/c1-22(2)18-31-29(34)27(17-23-11-5-3-6-12-23)32(19-24-13-7-4-8-14-24)28(33)21-35-20-25-15-9-10-16-26(25)30/h3-16,22,27H,17-21H2,1-2H3,(H,31,34)/t27-/m0/s1. The summed E-state index contributed by atoms with van der Waals surface area (Å²) in [6.07, 6.45) is 0.457. The van der Waals surface area contributed by atoms with Crippen molar-refractivity contribution in [1.29, 1.82) is 0 Å². The summed E-state index contributed by atoms with van der Waals surface area (Å²) in [4.78, 5) is 28.7. The van der Waals surface area contributed by atoms with E-state index in [1.807, 2.05) is 84.9 Å². The molecule has 0 heterocycles. The predicted molar refractivity (Wildman–Crippen MR) is 146 cm³/mol. The van der Waals surface area contributed by atoms with E-state index in [2.05, 4.69) is 19.2 Å². The van der Waals surface area contributed by atoms with Crippen LogP contribution in [0, 0.1) is 5.92 Å². The molecule has 184 valence electrons. The molecular formula is C29H33ClN2O2S. The van der Waals surface area contributed by atoms with Crippen molar-refractivity contribution in [2.45, 2.75) is 38.6 Å². The Morgan fingerprint density at radius 3 is 2.11 bits per heavy atom. The molecule has 3 rings (SSSR count). The number of nitrogens with zero attached hydrogens (tertiary/aromatic N) is 1. The lowest BCUT2D eigenvalue weighted by Crippen LogP contribution is -2.51. The van der Waals surface area contributed by atoms with Crippen molar-refractivity contribution in [3.63, 3.8) is 0 Å². The second kappa shape index (κ2) is 14.0. The maximum atomic E-state index is 13.6. The predicted octanol–water partition coefficient (Wildman–Crippen LogP) is 5.99. The Balaban J connectivity index is 1.82. The molecule has 0 aliphatic carbocycles. The monoisotopic (exact) mass is 508 g/mol. The number of thioether (sulfide) groups is 1. The molecule has 0 saturated heterocycles. The Labute approximate surface area is 218 Å². The minimum atomic E-state index is -0.607. The molecule has 35 heavy (non-hydrogen) atoms. The molecular weight excluding hydrogens is 476 g/mol. The number of hydrogen-bond donors (Lipinski definition) is 1. The second-order valence-electron chi connectivity index (χ2n) is 8.94. The van der Waals surface area contributed by atoms with Crippen molar-refractivity contribution >= 4 is 35.2 Å². The lowest BCUT2D eigenvalue weighted by atomic mass is 10.0. The van der Waals surface area contributed by atoms with Gasteiger partial charge in [-0.3, -0.25) is 9.59 Å². The number of rotatable bonds is 12. The maximum Gasteiger partial charge on any atom is 0.243 e. The van der Waals surface area contributed by atoms with Crippen LogP contribution in [-0.4, -0.2) is 35.1 Å². The molecule has 3 aromatic rings. The summed E-state index contributed by atoms with van der Waals surface area (Å²) in [7, 11) is 0. The van der Waals surface area contributed by atoms with Gasteiger partial charge in [0.05, 0.1) is 5.75 Å². The van der Waals surface area contributed by atoms with Crippen molar-refractivity contribution in [3.05, 3.63) is 107 Å². The molecule has 0 saturated carbocycles. The van der Waals surface area contributed by atoms with Crippen molar-refractivity contribution < 1.29 is 9.59 Å². The quantitative estimate of drug-likeness (QED) is 0.327. The van der Waals surface area contributed by atoms with Gasteiger partial charge in [-0.25, -0.2) is 0 Å². The molecule has 0 fully saturated rings. The molecule has 2 amide bonds. The molecule has 0 radical (unpaired) electrons. The average molecular weight is 509 g/mol. The van der Waals surface area contributed by atoms with Crippen molar-refractivity contribution in [2.75, 3.05) is 12.3 Å². The third-order valence-corrected chi connectivity index (χ3v) is 6.93. The van der Waals surface area contributed by atoms with Crippen LogP contribution in [0.3, 0.4) is 0 Å². The number of halogens is 1. The van der Waals surface area contributed by atoms with Crippen molar-refractivity contribution in [3.8, 4) is 0 Å². The lowest BCUT2D eigenvalue weighted by Gasteiger charge is -2.32. The fraction of sp³-hybridized carbons (Fsp3) is 0.310. The first-order chi connectivity index (χ1) is 16.9. The summed E-state index contributed by atoms with van der Waals surface area (Å²) in [5.41, 5.74) is 3.01. The minimum absolute atomic E-state index is 0.0634. The van der Waals surface area contributed by atoms with Gasteiger partial charge in [-0.15, -0.1) is 11.8 Å². The van der Waals surface area contributed by atoms with Crippen LogP contribution in [0.5, 0.6) is 0 Å². The van der Waals surface area contributed by atoms with E-state index in [-0.39, 0.29) is 17.6 Å². The summed E-state index contributed by atoms with van der Waals surface area (Å²) >= 11 is 7.80. The van der Waals surface area contributed by atoms with Crippen LogP contribution in [0.25, 0.3) is 0 Å². The first-order valence-corrected chi connectivity index (χ1v) is 13.4. The molecule has 6 heteroatoms. The number of hydrogen-bond acceptors (Lipinski definition) is 3. The smallest absolute Gasteiger partial charge is 0.243 e. The van der Waals surface area contributed by atoms with Crippen LogP contribution in [0.4, 0.5) is 0 Å². The summed E-state index contributed by atoms with van der Waals surface area (Å²) in [5, 5.41) is 3.75. The Morgan fingerprint density at radius 1 is 0.886 bits per heavy atom. The normalized spacial score (nSPS) is 11.8. The maximum absolute atomic E-state index is 13.6. The van der Waals surface area contributed by atoms with Gasteiger partial charge in [-0.1, -0.05) is 104 Å².